The number of rotatable bonds is 4. The fourth-order valence-electron chi connectivity index (χ4n) is 4.59. The van der Waals surface area contributed by atoms with E-state index in [-0.39, 0.29) is 34.4 Å². The van der Waals surface area contributed by atoms with Crippen LogP contribution in [-0.4, -0.2) is 15.9 Å². The van der Waals surface area contributed by atoms with Crippen molar-refractivity contribution >= 4 is 34.4 Å². The number of para-hydroxylation sites is 1. The summed E-state index contributed by atoms with van der Waals surface area (Å²) in [6.07, 6.45) is 5.29. The highest BCUT2D eigenvalue weighted by Gasteiger charge is 2.40. The number of furan rings is 1. The molecule has 1 aromatic carbocycles. The van der Waals surface area contributed by atoms with E-state index >= 15 is 4.39 Å². The topological polar surface area (TPSA) is 77.2 Å². The van der Waals surface area contributed by atoms with Crippen molar-refractivity contribution in [3.63, 3.8) is 0 Å². The number of nitrogens with zero attached hydrogens (tertiary/aromatic N) is 2. The number of carbonyl (C=O) groups excluding carboxylic acids is 1. The number of benzene rings is 1. The maximum absolute atomic E-state index is 15.0. The van der Waals surface area contributed by atoms with Crippen LogP contribution >= 0.6 is 11.6 Å². The van der Waals surface area contributed by atoms with Gasteiger partial charge in [-0.3, -0.25) is 0 Å². The third-order valence-corrected chi connectivity index (χ3v) is 6.25. The zero-order chi connectivity index (χ0) is 20.0. The van der Waals surface area contributed by atoms with Crippen LogP contribution in [0.2, 0.25) is 5.28 Å². The first-order valence-corrected chi connectivity index (χ1v) is 10.1. The molecule has 8 heteroatoms. The predicted octanol–water partition coefficient (Wildman–Crippen LogP) is 5.38. The van der Waals surface area contributed by atoms with Gasteiger partial charge in [0.1, 0.15) is 11.3 Å². The Morgan fingerprint density at radius 2 is 2.00 bits per heavy atom. The van der Waals surface area contributed by atoms with Gasteiger partial charge in [-0.05, 0) is 54.8 Å². The molecule has 0 spiro atoms. The lowest BCUT2D eigenvalue weighted by Crippen LogP contribution is -2.37. The third-order valence-electron chi connectivity index (χ3n) is 6.08. The molecule has 6 rings (SSSR count). The molecule has 0 radical (unpaired) electrons. The molecule has 2 bridgehead atoms. The molecule has 1 atom stereocenters. The zero-order valence-electron chi connectivity index (χ0n) is 15.5. The predicted molar refractivity (Wildman–Crippen MR) is 105 cm³/mol. The van der Waals surface area contributed by atoms with Crippen LogP contribution in [0.1, 0.15) is 32.1 Å². The van der Waals surface area contributed by atoms with Gasteiger partial charge in [0, 0.05) is 5.39 Å². The Morgan fingerprint density at radius 1 is 1.21 bits per heavy atom. The SMILES string of the molecule is O=C(ONc1nc(Cl)nc(-c2cc3ccccc3o2)c1F)C1CC2CCC1CC2. The van der Waals surface area contributed by atoms with Crippen LogP contribution in [0.15, 0.2) is 34.7 Å². The van der Waals surface area contributed by atoms with Crippen LogP contribution in [0.3, 0.4) is 0 Å². The van der Waals surface area contributed by atoms with Crippen molar-refractivity contribution < 1.29 is 18.4 Å². The first kappa shape index (κ1) is 18.4. The number of hydrogen-bond donors (Lipinski definition) is 1. The van der Waals surface area contributed by atoms with Crippen LogP contribution in [0.25, 0.3) is 22.4 Å². The summed E-state index contributed by atoms with van der Waals surface area (Å²) in [5, 5.41) is 0.627. The van der Waals surface area contributed by atoms with Gasteiger partial charge in [-0.15, -0.1) is 0 Å². The number of carbonyl (C=O) groups is 1. The summed E-state index contributed by atoms with van der Waals surface area (Å²) in [5.74, 6) is -0.473. The largest absolute Gasteiger partial charge is 0.454 e. The summed E-state index contributed by atoms with van der Waals surface area (Å²) in [7, 11) is 0. The van der Waals surface area contributed by atoms with Crippen molar-refractivity contribution in [1.82, 2.24) is 9.97 Å². The minimum absolute atomic E-state index is 0.100. The Labute approximate surface area is 171 Å². The van der Waals surface area contributed by atoms with Crippen molar-refractivity contribution in [2.45, 2.75) is 32.1 Å². The molecule has 2 heterocycles. The van der Waals surface area contributed by atoms with Gasteiger partial charge in [0.15, 0.2) is 11.6 Å². The van der Waals surface area contributed by atoms with Gasteiger partial charge in [0.05, 0.1) is 5.92 Å². The van der Waals surface area contributed by atoms with Crippen LogP contribution in [0.5, 0.6) is 0 Å². The molecule has 3 aliphatic rings. The van der Waals surface area contributed by atoms with E-state index in [1.54, 1.807) is 12.1 Å². The molecule has 0 aliphatic heterocycles. The molecule has 1 N–H and O–H groups in total. The molecule has 3 aromatic rings. The average molecular weight is 416 g/mol. The molecular weight excluding hydrogens is 397 g/mol. The van der Waals surface area contributed by atoms with Gasteiger partial charge >= 0.3 is 5.97 Å². The van der Waals surface area contributed by atoms with Crippen LogP contribution in [-0.2, 0) is 9.63 Å². The number of nitrogens with one attached hydrogen (secondary N) is 1. The van der Waals surface area contributed by atoms with E-state index in [2.05, 4.69) is 15.4 Å². The summed E-state index contributed by atoms with van der Waals surface area (Å²) in [5.41, 5.74) is 2.85. The highest BCUT2D eigenvalue weighted by Crippen LogP contribution is 2.45. The van der Waals surface area contributed by atoms with Gasteiger partial charge in [0.25, 0.3) is 0 Å². The molecule has 29 heavy (non-hydrogen) atoms. The highest BCUT2D eigenvalue weighted by atomic mass is 35.5. The summed E-state index contributed by atoms with van der Waals surface area (Å²) in [6.45, 7) is 0. The second-order valence-corrected chi connectivity index (χ2v) is 8.14. The summed E-state index contributed by atoms with van der Waals surface area (Å²) in [4.78, 5) is 25.5. The molecule has 3 aliphatic carbocycles. The van der Waals surface area contributed by atoms with Crippen LogP contribution < -0.4 is 5.48 Å². The normalized spacial score (nSPS) is 23.3. The maximum atomic E-state index is 15.0. The van der Waals surface area contributed by atoms with E-state index in [1.807, 2.05) is 18.2 Å². The van der Waals surface area contributed by atoms with Gasteiger partial charge in [0.2, 0.25) is 11.1 Å². The number of hydrogen-bond acceptors (Lipinski definition) is 6. The zero-order valence-corrected chi connectivity index (χ0v) is 16.3. The van der Waals surface area contributed by atoms with Gasteiger partial charge in [-0.2, -0.15) is 10.5 Å². The third kappa shape index (κ3) is 3.44. The maximum Gasteiger partial charge on any atom is 0.335 e. The number of fused-ring (bicyclic) bond motifs is 4. The van der Waals surface area contributed by atoms with Crippen molar-refractivity contribution in [3.8, 4) is 11.5 Å². The first-order valence-electron chi connectivity index (χ1n) is 9.77. The molecule has 0 amide bonds. The molecule has 3 fully saturated rings. The molecule has 2 aromatic heterocycles. The molecule has 150 valence electrons. The van der Waals surface area contributed by atoms with Gasteiger partial charge < -0.3 is 9.25 Å². The number of halogens is 2. The Bertz CT molecular complexity index is 1050. The second-order valence-electron chi connectivity index (χ2n) is 7.80. The number of aromatic nitrogens is 2. The minimum atomic E-state index is -0.800. The van der Waals surface area contributed by atoms with E-state index in [0.717, 1.165) is 24.6 Å². The van der Waals surface area contributed by atoms with Gasteiger partial charge in [-0.25, -0.2) is 14.2 Å². The lowest BCUT2D eigenvalue weighted by atomic mass is 9.65. The van der Waals surface area contributed by atoms with E-state index in [9.17, 15) is 4.79 Å². The summed E-state index contributed by atoms with van der Waals surface area (Å²) >= 11 is 5.97. The van der Waals surface area contributed by atoms with Crippen molar-refractivity contribution in [1.29, 1.82) is 0 Å². The van der Waals surface area contributed by atoms with Gasteiger partial charge in [-0.1, -0.05) is 31.0 Å². The van der Waals surface area contributed by atoms with E-state index in [1.165, 1.54) is 12.8 Å². The Morgan fingerprint density at radius 3 is 2.72 bits per heavy atom. The Balaban J connectivity index is 1.37. The van der Waals surface area contributed by atoms with Crippen LogP contribution in [0, 0.1) is 23.6 Å². The van der Waals surface area contributed by atoms with Crippen molar-refractivity contribution in [3.05, 3.63) is 41.4 Å². The molecular formula is C21H19ClFN3O3. The highest BCUT2D eigenvalue weighted by molar-refractivity contribution is 6.28. The van der Waals surface area contributed by atoms with Crippen molar-refractivity contribution in [2.24, 2.45) is 17.8 Å². The monoisotopic (exact) mass is 415 g/mol. The van der Waals surface area contributed by atoms with E-state index in [4.69, 9.17) is 20.9 Å². The first-order chi connectivity index (χ1) is 14.1. The van der Waals surface area contributed by atoms with E-state index < -0.39 is 5.82 Å². The summed E-state index contributed by atoms with van der Waals surface area (Å²) in [6, 6.07) is 8.98. The molecule has 3 saturated carbocycles. The standard InChI is InChI=1S/C21H19ClFN3O3/c22-21-24-18(16-10-13-3-1-2-4-15(13)28-16)17(23)19(25-21)26-29-20(27)14-9-11-5-7-12(14)8-6-11/h1-4,10-12,14H,5-9H2,(H,24,25,26). The average Bonchev–Trinajstić information content (AvgIpc) is 3.18. The lowest BCUT2D eigenvalue weighted by molar-refractivity contribution is -0.151. The lowest BCUT2D eigenvalue weighted by Gasteiger charge is -2.40. The number of anilines is 1. The fraction of sp³-hybridized carbons (Fsp3) is 0.381. The molecule has 0 saturated heterocycles. The summed E-state index contributed by atoms with van der Waals surface area (Å²) < 4.78 is 20.7. The second kappa shape index (κ2) is 7.30. The smallest absolute Gasteiger partial charge is 0.335 e. The Kier molecular flexibility index (Phi) is 4.62. The fourth-order valence-corrected chi connectivity index (χ4v) is 4.76. The minimum Gasteiger partial charge on any atom is -0.454 e. The molecule has 6 nitrogen and oxygen atoms in total. The van der Waals surface area contributed by atoms with E-state index in [0.29, 0.717) is 17.4 Å². The molecule has 1 unspecified atom stereocenters. The van der Waals surface area contributed by atoms with Crippen LogP contribution in [0.4, 0.5) is 10.2 Å². The Hall–Kier alpha value is -2.67. The quantitative estimate of drug-likeness (QED) is 0.455. The van der Waals surface area contributed by atoms with Crippen molar-refractivity contribution in [2.75, 3.05) is 5.48 Å².